The average molecular weight is 312 g/mol. The van der Waals surface area contributed by atoms with Gasteiger partial charge in [-0.2, -0.15) is 0 Å². The summed E-state index contributed by atoms with van der Waals surface area (Å²) in [6, 6.07) is 6.88. The van der Waals surface area contributed by atoms with E-state index in [0.717, 1.165) is 4.90 Å². The minimum absolute atomic E-state index is 0.331. The first-order chi connectivity index (χ1) is 9.61. The molecule has 6 heteroatoms. The van der Waals surface area contributed by atoms with E-state index in [1.54, 1.807) is 31.2 Å². The second-order valence-electron chi connectivity index (χ2n) is 3.95. The molecule has 0 saturated carbocycles. The van der Waals surface area contributed by atoms with Gasteiger partial charge in [-0.15, -0.1) is 11.8 Å². The highest BCUT2D eigenvalue weighted by Crippen LogP contribution is 2.31. The number of thioether (sulfide) groups is 1. The first-order valence-corrected chi connectivity index (χ1v) is 7.39. The van der Waals surface area contributed by atoms with Crippen molar-refractivity contribution >= 4 is 35.0 Å². The largest absolute Gasteiger partial charge is 0.468 e. The molecule has 4 nitrogen and oxygen atoms in total. The van der Waals surface area contributed by atoms with E-state index in [9.17, 15) is 4.79 Å². The number of anilines is 1. The van der Waals surface area contributed by atoms with Gasteiger partial charge < -0.3 is 14.9 Å². The molecule has 0 radical (unpaired) electrons. The Morgan fingerprint density at radius 2 is 2.25 bits per heavy atom. The quantitative estimate of drug-likeness (QED) is 0.514. The Hall–Kier alpha value is -1.59. The zero-order valence-electron chi connectivity index (χ0n) is 10.9. The highest BCUT2D eigenvalue weighted by atomic mass is 35.5. The van der Waals surface area contributed by atoms with Crippen molar-refractivity contribution in [2.24, 2.45) is 0 Å². The Balaban J connectivity index is 2.10. The molecule has 0 bridgehead atoms. The number of ether oxygens (including phenoxy) is 1. The topological polar surface area (TPSA) is 65.5 Å². The molecule has 106 valence electrons. The predicted molar refractivity (Wildman–Crippen MR) is 80.1 cm³/mol. The third-order valence-corrected chi connectivity index (χ3v) is 3.88. The van der Waals surface area contributed by atoms with Crippen LogP contribution in [0.4, 0.5) is 5.69 Å². The highest BCUT2D eigenvalue weighted by Gasteiger charge is 2.16. The number of carbonyl (C=O) groups is 1. The average Bonchev–Trinajstić information content (AvgIpc) is 2.88. The molecule has 0 amide bonds. The molecule has 1 aromatic carbocycles. The molecule has 0 aliphatic heterocycles. The molecule has 0 fully saturated rings. The van der Waals surface area contributed by atoms with Gasteiger partial charge in [-0.25, -0.2) is 4.79 Å². The summed E-state index contributed by atoms with van der Waals surface area (Å²) in [5.74, 6) is 0.662. The third kappa shape index (κ3) is 3.49. The number of rotatable bonds is 5. The van der Waals surface area contributed by atoms with Crippen LogP contribution in [0.2, 0.25) is 5.02 Å². The summed E-state index contributed by atoms with van der Waals surface area (Å²) < 4.78 is 10.3. The lowest BCUT2D eigenvalue weighted by molar-refractivity contribution is 0.0524. The van der Waals surface area contributed by atoms with E-state index in [-0.39, 0.29) is 5.97 Å². The van der Waals surface area contributed by atoms with Crippen LogP contribution in [-0.4, -0.2) is 12.6 Å². The Bertz CT molecular complexity index is 612. The summed E-state index contributed by atoms with van der Waals surface area (Å²) in [7, 11) is 0. The van der Waals surface area contributed by atoms with E-state index in [1.807, 2.05) is 0 Å². The normalized spacial score (nSPS) is 10.5. The number of halogens is 1. The van der Waals surface area contributed by atoms with Crippen molar-refractivity contribution in [2.45, 2.75) is 17.6 Å². The molecule has 20 heavy (non-hydrogen) atoms. The van der Waals surface area contributed by atoms with Gasteiger partial charge in [0.05, 0.1) is 18.6 Å². The van der Waals surface area contributed by atoms with E-state index >= 15 is 0 Å². The van der Waals surface area contributed by atoms with Gasteiger partial charge in [0.1, 0.15) is 11.3 Å². The van der Waals surface area contributed by atoms with E-state index in [4.69, 9.17) is 26.5 Å². The van der Waals surface area contributed by atoms with Gasteiger partial charge in [0.15, 0.2) is 0 Å². The Kier molecular flexibility index (Phi) is 4.98. The Labute approximate surface area is 126 Å². The molecular weight excluding hydrogens is 298 g/mol. The molecule has 2 N–H and O–H groups in total. The maximum absolute atomic E-state index is 11.7. The molecule has 0 unspecified atom stereocenters. The molecule has 1 heterocycles. The number of esters is 1. The van der Waals surface area contributed by atoms with E-state index in [2.05, 4.69) is 0 Å². The van der Waals surface area contributed by atoms with Crippen LogP contribution in [0, 0.1) is 0 Å². The maximum atomic E-state index is 11.7. The van der Waals surface area contributed by atoms with E-state index in [1.165, 1.54) is 18.0 Å². The van der Waals surface area contributed by atoms with Crippen LogP contribution in [0.1, 0.15) is 23.0 Å². The highest BCUT2D eigenvalue weighted by molar-refractivity contribution is 7.98. The zero-order chi connectivity index (χ0) is 14.5. The van der Waals surface area contributed by atoms with Crippen LogP contribution in [-0.2, 0) is 10.5 Å². The summed E-state index contributed by atoms with van der Waals surface area (Å²) in [5, 5.41) is 0.617. The first-order valence-electron chi connectivity index (χ1n) is 6.03. The van der Waals surface area contributed by atoms with Crippen LogP contribution in [0.15, 0.2) is 39.8 Å². The van der Waals surface area contributed by atoms with Gasteiger partial charge in [0.2, 0.25) is 0 Å². The first kappa shape index (κ1) is 14.8. The minimum atomic E-state index is -0.379. The lowest BCUT2D eigenvalue weighted by Crippen LogP contribution is -2.05. The van der Waals surface area contributed by atoms with Gasteiger partial charge in [-0.05, 0) is 31.2 Å². The van der Waals surface area contributed by atoms with Gasteiger partial charge in [0, 0.05) is 15.6 Å². The van der Waals surface area contributed by atoms with Crippen molar-refractivity contribution in [1.29, 1.82) is 0 Å². The van der Waals surface area contributed by atoms with Crippen LogP contribution < -0.4 is 5.73 Å². The van der Waals surface area contributed by atoms with Crippen molar-refractivity contribution in [1.82, 2.24) is 0 Å². The van der Waals surface area contributed by atoms with Crippen LogP contribution >= 0.6 is 23.4 Å². The fourth-order valence-electron chi connectivity index (χ4n) is 1.62. The van der Waals surface area contributed by atoms with Crippen LogP contribution in [0.25, 0.3) is 0 Å². The maximum Gasteiger partial charge on any atom is 0.341 e. The molecule has 0 aliphatic rings. The number of hydrogen-bond acceptors (Lipinski definition) is 5. The predicted octanol–water partition coefficient (Wildman–Crippen LogP) is 3.98. The number of benzene rings is 1. The van der Waals surface area contributed by atoms with Gasteiger partial charge in [-0.3, -0.25) is 0 Å². The number of furan rings is 1. The lowest BCUT2D eigenvalue weighted by Gasteiger charge is -2.06. The number of carbonyl (C=O) groups excluding carboxylic acids is 1. The second-order valence-corrected chi connectivity index (χ2v) is 5.40. The number of nitrogens with two attached hydrogens (primary N) is 1. The zero-order valence-corrected chi connectivity index (χ0v) is 12.5. The van der Waals surface area contributed by atoms with Crippen molar-refractivity contribution in [3.63, 3.8) is 0 Å². The molecule has 1 aromatic heterocycles. The number of hydrogen-bond donors (Lipinski definition) is 1. The van der Waals surface area contributed by atoms with Crippen LogP contribution in [0.3, 0.4) is 0 Å². The standard InChI is InChI=1S/C14H14ClNO3S/c1-2-18-14(17)10-5-6-19-12(10)8-20-13-7-9(15)3-4-11(13)16/h3-7H,2,8,16H2,1H3. The Morgan fingerprint density at radius 3 is 3.00 bits per heavy atom. The molecule has 0 atom stereocenters. The van der Waals surface area contributed by atoms with Crippen molar-refractivity contribution < 1.29 is 13.9 Å². The lowest BCUT2D eigenvalue weighted by atomic mass is 10.3. The Morgan fingerprint density at radius 1 is 1.45 bits per heavy atom. The van der Waals surface area contributed by atoms with Crippen molar-refractivity contribution in [3.05, 3.63) is 46.9 Å². The summed E-state index contributed by atoms with van der Waals surface area (Å²) in [6.45, 7) is 2.09. The fraction of sp³-hybridized carbons (Fsp3) is 0.214. The minimum Gasteiger partial charge on any atom is -0.468 e. The van der Waals surface area contributed by atoms with Gasteiger partial charge in [0.25, 0.3) is 0 Å². The van der Waals surface area contributed by atoms with Gasteiger partial charge in [-0.1, -0.05) is 11.6 Å². The third-order valence-electron chi connectivity index (χ3n) is 2.58. The molecule has 2 rings (SSSR count). The van der Waals surface area contributed by atoms with Crippen molar-refractivity contribution in [3.8, 4) is 0 Å². The number of nitrogen functional groups attached to an aromatic ring is 1. The summed E-state index contributed by atoms with van der Waals surface area (Å²) in [5.41, 5.74) is 6.96. The monoisotopic (exact) mass is 311 g/mol. The molecule has 0 saturated heterocycles. The summed E-state index contributed by atoms with van der Waals surface area (Å²) in [6.07, 6.45) is 1.48. The SMILES string of the molecule is CCOC(=O)c1ccoc1CSc1cc(Cl)ccc1N. The van der Waals surface area contributed by atoms with E-state index in [0.29, 0.717) is 34.4 Å². The van der Waals surface area contributed by atoms with E-state index < -0.39 is 0 Å². The van der Waals surface area contributed by atoms with Crippen LogP contribution in [0.5, 0.6) is 0 Å². The van der Waals surface area contributed by atoms with Crippen molar-refractivity contribution in [2.75, 3.05) is 12.3 Å². The molecule has 0 aliphatic carbocycles. The second kappa shape index (κ2) is 6.72. The summed E-state index contributed by atoms with van der Waals surface area (Å²) >= 11 is 7.39. The summed E-state index contributed by atoms with van der Waals surface area (Å²) in [4.78, 5) is 12.6. The molecule has 0 spiro atoms. The molecule has 2 aromatic rings. The smallest absolute Gasteiger partial charge is 0.341 e. The molecular formula is C14H14ClNO3S. The van der Waals surface area contributed by atoms with Gasteiger partial charge >= 0.3 is 5.97 Å². The fourth-order valence-corrected chi connectivity index (χ4v) is 2.81.